The van der Waals surface area contributed by atoms with Gasteiger partial charge in [0.15, 0.2) is 0 Å². The van der Waals surface area contributed by atoms with Crippen LogP contribution in [0.3, 0.4) is 0 Å². The summed E-state index contributed by atoms with van der Waals surface area (Å²) in [4.78, 5) is 17.4. The lowest BCUT2D eigenvalue weighted by molar-refractivity contribution is 0.0928. The molecule has 2 fully saturated rings. The van der Waals surface area contributed by atoms with E-state index >= 15 is 0 Å². The number of imidazole rings is 1. The van der Waals surface area contributed by atoms with E-state index in [0.717, 1.165) is 89.3 Å². The van der Waals surface area contributed by atoms with Gasteiger partial charge in [-0.2, -0.15) is 0 Å². The molecule has 0 radical (unpaired) electrons. The molecule has 0 spiro atoms. The predicted molar refractivity (Wildman–Crippen MR) is 149 cm³/mol. The van der Waals surface area contributed by atoms with Crippen molar-refractivity contribution in [2.75, 3.05) is 31.9 Å². The van der Waals surface area contributed by atoms with E-state index in [9.17, 15) is 0 Å². The minimum absolute atomic E-state index is 0.423. The standard InChI is InChI=1S/C30H31N7/c1-19-24(9-7-21-8-10-25(34-26(19)21)20-5-3-2-4-6-20)27-28-29(31)33-13-16-37(28)30(35-27)22-17-23(18-22)36-14-11-32-12-15-36/h2-10,13,16,22-23,32H,11-12,14-15,17-18H2,1H3,(H2,31,33). The van der Waals surface area contributed by atoms with E-state index in [0.29, 0.717) is 17.8 Å². The average Bonchev–Trinajstić information content (AvgIpc) is 3.29. The highest BCUT2D eigenvalue weighted by atomic mass is 15.2. The largest absolute Gasteiger partial charge is 0.382 e. The minimum Gasteiger partial charge on any atom is -0.382 e. The molecule has 7 rings (SSSR count). The molecule has 0 amide bonds. The maximum absolute atomic E-state index is 6.47. The van der Waals surface area contributed by atoms with Gasteiger partial charge in [0.05, 0.1) is 11.2 Å². The molecule has 3 N–H and O–H groups in total. The number of aryl methyl sites for hydroxylation is 1. The number of benzene rings is 2. The lowest BCUT2D eigenvalue weighted by Crippen LogP contribution is -2.52. The second kappa shape index (κ2) is 8.94. The van der Waals surface area contributed by atoms with Crippen LogP contribution in [0.2, 0.25) is 0 Å². The van der Waals surface area contributed by atoms with Crippen molar-refractivity contribution in [1.29, 1.82) is 0 Å². The van der Waals surface area contributed by atoms with Gasteiger partial charge in [0.2, 0.25) is 0 Å². The number of aromatic nitrogens is 4. The van der Waals surface area contributed by atoms with Crippen LogP contribution in [0.25, 0.3) is 38.9 Å². The molecule has 7 heteroatoms. The first kappa shape index (κ1) is 22.4. The third-order valence-electron chi connectivity index (χ3n) is 8.20. The van der Waals surface area contributed by atoms with Crippen LogP contribution < -0.4 is 11.1 Å². The number of anilines is 1. The van der Waals surface area contributed by atoms with Crippen molar-refractivity contribution < 1.29 is 0 Å². The first-order valence-electron chi connectivity index (χ1n) is 13.2. The van der Waals surface area contributed by atoms with Gasteiger partial charge in [-0.05, 0) is 31.4 Å². The molecule has 3 aromatic heterocycles. The molecule has 2 aliphatic rings. The van der Waals surface area contributed by atoms with Crippen LogP contribution in [0, 0.1) is 6.92 Å². The fourth-order valence-corrected chi connectivity index (χ4v) is 6.06. The number of piperazine rings is 1. The Morgan fingerprint density at radius 1 is 0.946 bits per heavy atom. The van der Waals surface area contributed by atoms with E-state index in [1.807, 2.05) is 24.4 Å². The van der Waals surface area contributed by atoms with Crippen LogP contribution in [0.15, 0.2) is 67.0 Å². The van der Waals surface area contributed by atoms with Crippen LogP contribution in [0.4, 0.5) is 5.82 Å². The summed E-state index contributed by atoms with van der Waals surface area (Å²) in [6.45, 7) is 6.58. The van der Waals surface area contributed by atoms with Gasteiger partial charge in [0.25, 0.3) is 0 Å². The normalized spacial score (nSPS) is 20.4. The van der Waals surface area contributed by atoms with Gasteiger partial charge in [-0.25, -0.2) is 15.0 Å². The summed E-state index contributed by atoms with van der Waals surface area (Å²) in [5, 5.41) is 4.58. The first-order valence-corrected chi connectivity index (χ1v) is 13.2. The second-order valence-electron chi connectivity index (χ2n) is 10.3. The van der Waals surface area contributed by atoms with Crippen LogP contribution in [0.5, 0.6) is 0 Å². The molecule has 4 heterocycles. The number of rotatable bonds is 4. The van der Waals surface area contributed by atoms with Crippen molar-refractivity contribution in [3.05, 3.63) is 78.4 Å². The number of nitrogens with one attached hydrogen (secondary N) is 1. The molecule has 1 aliphatic heterocycles. The Balaban J connectivity index is 1.30. The fraction of sp³-hybridized carbons (Fsp3) is 0.300. The summed E-state index contributed by atoms with van der Waals surface area (Å²) in [6.07, 6.45) is 6.07. The Morgan fingerprint density at radius 2 is 1.73 bits per heavy atom. The third-order valence-corrected chi connectivity index (χ3v) is 8.20. The molecule has 7 nitrogen and oxygen atoms in total. The van der Waals surface area contributed by atoms with Crippen molar-refractivity contribution in [2.24, 2.45) is 0 Å². The molecule has 0 atom stereocenters. The maximum atomic E-state index is 6.47. The Hall–Kier alpha value is -3.81. The topological polar surface area (TPSA) is 84.4 Å². The number of hydrogen-bond acceptors (Lipinski definition) is 6. The summed E-state index contributed by atoms with van der Waals surface area (Å²) >= 11 is 0. The summed E-state index contributed by atoms with van der Waals surface area (Å²) in [6, 6.07) is 19.5. The van der Waals surface area contributed by atoms with Gasteiger partial charge in [-0.15, -0.1) is 0 Å². The molecule has 1 saturated carbocycles. The smallest absolute Gasteiger partial charge is 0.150 e. The number of nitrogens with zero attached hydrogens (tertiary/aromatic N) is 5. The number of nitrogens with two attached hydrogens (primary N) is 1. The summed E-state index contributed by atoms with van der Waals surface area (Å²) < 4.78 is 2.17. The van der Waals surface area contributed by atoms with Crippen LogP contribution >= 0.6 is 0 Å². The Morgan fingerprint density at radius 3 is 2.54 bits per heavy atom. The molecule has 2 aromatic carbocycles. The predicted octanol–water partition coefficient (Wildman–Crippen LogP) is 4.65. The first-order chi connectivity index (χ1) is 18.2. The molecule has 0 unspecified atom stereocenters. The molecule has 5 aromatic rings. The monoisotopic (exact) mass is 489 g/mol. The maximum Gasteiger partial charge on any atom is 0.150 e. The van der Waals surface area contributed by atoms with Crippen molar-refractivity contribution in [3.63, 3.8) is 0 Å². The summed E-state index contributed by atoms with van der Waals surface area (Å²) in [5.74, 6) is 2.03. The molecule has 37 heavy (non-hydrogen) atoms. The van der Waals surface area contributed by atoms with Crippen molar-refractivity contribution >= 4 is 22.2 Å². The van der Waals surface area contributed by atoms with E-state index in [-0.39, 0.29) is 0 Å². The van der Waals surface area contributed by atoms with Gasteiger partial charge in [-0.3, -0.25) is 9.30 Å². The van der Waals surface area contributed by atoms with Crippen LogP contribution in [0.1, 0.15) is 30.1 Å². The van der Waals surface area contributed by atoms with Crippen LogP contribution in [-0.4, -0.2) is 56.5 Å². The zero-order valence-corrected chi connectivity index (χ0v) is 21.1. The zero-order chi connectivity index (χ0) is 24.9. The quantitative estimate of drug-likeness (QED) is 0.382. The molecular formula is C30H31N7. The highest BCUT2D eigenvalue weighted by molar-refractivity contribution is 5.94. The molecular weight excluding hydrogens is 458 g/mol. The lowest BCUT2D eigenvalue weighted by atomic mass is 9.78. The lowest BCUT2D eigenvalue weighted by Gasteiger charge is -2.44. The van der Waals surface area contributed by atoms with Gasteiger partial charge in [0, 0.05) is 67.0 Å². The van der Waals surface area contributed by atoms with Crippen molar-refractivity contribution in [2.45, 2.75) is 31.7 Å². The van der Waals surface area contributed by atoms with E-state index in [4.69, 9.17) is 15.7 Å². The number of fused-ring (bicyclic) bond motifs is 2. The van der Waals surface area contributed by atoms with E-state index in [1.54, 1.807) is 6.20 Å². The van der Waals surface area contributed by atoms with E-state index < -0.39 is 0 Å². The number of hydrogen-bond donors (Lipinski definition) is 2. The Labute approximate surface area is 216 Å². The Bertz CT molecular complexity index is 1600. The Kier molecular flexibility index (Phi) is 5.41. The molecule has 0 bridgehead atoms. The molecule has 1 saturated heterocycles. The van der Waals surface area contributed by atoms with Gasteiger partial charge in [0.1, 0.15) is 22.9 Å². The third kappa shape index (κ3) is 3.77. The second-order valence-corrected chi connectivity index (χ2v) is 10.3. The highest BCUT2D eigenvalue weighted by Crippen LogP contribution is 2.42. The summed E-state index contributed by atoms with van der Waals surface area (Å²) in [7, 11) is 0. The minimum atomic E-state index is 0.423. The van der Waals surface area contributed by atoms with Gasteiger partial charge in [-0.1, -0.05) is 48.5 Å². The SMILES string of the molecule is Cc1c(-c2nc(C3CC(N4CCNCC4)C3)n3ccnc(N)c23)ccc2ccc(-c3ccccc3)nc12. The van der Waals surface area contributed by atoms with Crippen molar-refractivity contribution in [3.8, 4) is 22.5 Å². The van der Waals surface area contributed by atoms with Crippen LogP contribution in [-0.2, 0) is 0 Å². The molecule has 1 aliphatic carbocycles. The van der Waals surface area contributed by atoms with Gasteiger partial charge < -0.3 is 11.1 Å². The van der Waals surface area contributed by atoms with E-state index in [1.165, 1.54) is 0 Å². The number of pyridine rings is 1. The fourth-order valence-electron chi connectivity index (χ4n) is 6.06. The number of nitrogen functional groups attached to an aromatic ring is 1. The highest BCUT2D eigenvalue weighted by Gasteiger charge is 2.38. The molecule has 186 valence electrons. The zero-order valence-electron chi connectivity index (χ0n) is 21.1. The van der Waals surface area contributed by atoms with Gasteiger partial charge >= 0.3 is 0 Å². The van der Waals surface area contributed by atoms with Crippen molar-refractivity contribution in [1.82, 2.24) is 29.6 Å². The summed E-state index contributed by atoms with van der Waals surface area (Å²) in [5.41, 5.74) is 13.5. The average molecular weight is 490 g/mol. The van der Waals surface area contributed by atoms with E-state index in [2.05, 4.69) is 62.9 Å².